The molecule has 0 bridgehead atoms. The largest absolute Gasteiger partial charge is 1.00 e. The van der Waals surface area contributed by atoms with Gasteiger partial charge in [0.15, 0.2) is 5.78 Å². The van der Waals surface area contributed by atoms with Gasteiger partial charge in [-0.3, -0.25) is 4.79 Å². The van der Waals surface area contributed by atoms with Gasteiger partial charge in [-0.2, -0.15) is 0 Å². The van der Waals surface area contributed by atoms with Crippen molar-refractivity contribution in [3.63, 3.8) is 0 Å². The average molecular weight is 109 g/mol. The van der Waals surface area contributed by atoms with E-state index in [4.69, 9.17) is 5.11 Å². The molecular weight excluding hydrogens is 103 g/mol. The van der Waals surface area contributed by atoms with Crippen LogP contribution in [-0.2, 0) is 4.79 Å². The maximum Gasteiger partial charge on any atom is 1.00 e. The fraction of sp³-hybridized carbons (Fsp3) is 0.250. The molecule has 2 nitrogen and oxygen atoms in total. The number of rotatable bonds is 1. The summed E-state index contributed by atoms with van der Waals surface area (Å²) in [5.41, 5.74) is 0. The summed E-state index contributed by atoms with van der Waals surface area (Å²) in [5, 5.41) is 7.84. The molecular formula is C4H6NaO2+. The molecule has 34 valence electrons. The Balaban J connectivity index is 0. The van der Waals surface area contributed by atoms with Gasteiger partial charge in [-0.05, 0) is 6.92 Å². The predicted molar refractivity (Wildman–Crippen MR) is 22.4 cm³/mol. The molecule has 0 aliphatic carbocycles. The molecule has 1 N–H and O–H groups in total. The van der Waals surface area contributed by atoms with Crippen LogP contribution in [0, 0.1) is 0 Å². The molecule has 0 saturated carbocycles. The number of ketones is 1. The molecule has 0 unspecified atom stereocenters. The Morgan fingerprint density at radius 3 is 2.14 bits per heavy atom. The predicted octanol–water partition coefficient (Wildman–Crippen LogP) is -2.35. The number of carbonyl (C=O) groups is 1. The zero-order valence-electron chi connectivity index (χ0n) is 4.51. The van der Waals surface area contributed by atoms with Gasteiger partial charge in [0, 0.05) is 6.08 Å². The van der Waals surface area contributed by atoms with Crippen LogP contribution < -0.4 is 29.6 Å². The Morgan fingerprint density at radius 2 is 2.14 bits per heavy atom. The summed E-state index contributed by atoms with van der Waals surface area (Å²) in [5.74, 6) is -0.141. The van der Waals surface area contributed by atoms with Gasteiger partial charge in [0.25, 0.3) is 0 Å². The summed E-state index contributed by atoms with van der Waals surface area (Å²) in [6.07, 6.45) is 1.81. The normalized spacial score (nSPS) is 8.14. The van der Waals surface area contributed by atoms with E-state index < -0.39 is 0 Å². The van der Waals surface area contributed by atoms with Gasteiger partial charge in [-0.15, -0.1) is 0 Å². The van der Waals surface area contributed by atoms with Crippen LogP contribution in [0.3, 0.4) is 0 Å². The smallest absolute Gasteiger partial charge is 0.515 e. The van der Waals surface area contributed by atoms with Gasteiger partial charge in [0.1, 0.15) is 0 Å². The third-order valence-corrected chi connectivity index (χ3v) is 0.309. The molecule has 0 heterocycles. The monoisotopic (exact) mass is 109 g/mol. The number of carbonyl (C=O) groups excluding carboxylic acids is 1. The van der Waals surface area contributed by atoms with Crippen molar-refractivity contribution in [3.8, 4) is 0 Å². The molecule has 0 amide bonds. The number of allylic oxidation sites excluding steroid dienone is 1. The van der Waals surface area contributed by atoms with Crippen LogP contribution in [0.2, 0.25) is 0 Å². The molecule has 0 rings (SSSR count). The van der Waals surface area contributed by atoms with E-state index in [-0.39, 0.29) is 35.3 Å². The van der Waals surface area contributed by atoms with Crippen molar-refractivity contribution in [2.75, 3.05) is 0 Å². The van der Waals surface area contributed by atoms with Gasteiger partial charge in [0.05, 0.1) is 6.26 Å². The second-order valence-electron chi connectivity index (χ2n) is 0.926. The SMILES string of the molecule is CC(=O)/C=C/O.[Na+]. The fourth-order valence-electron chi connectivity index (χ4n) is 0.105. The van der Waals surface area contributed by atoms with Crippen LogP contribution in [0.15, 0.2) is 12.3 Å². The van der Waals surface area contributed by atoms with Gasteiger partial charge in [-0.25, -0.2) is 0 Å². The Kier molecular flexibility index (Phi) is 9.09. The van der Waals surface area contributed by atoms with E-state index >= 15 is 0 Å². The first kappa shape index (κ1) is 10.2. The van der Waals surface area contributed by atoms with Crippen LogP contribution in [0.1, 0.15) is 6.92 Å². The van der Waals surface area contributed by atoms with Crippen LogP contribution in [0.25, 0.3) is 0 Å². The van der Waals surface area contributed by atoms with Crippen molar-refractivity contribution in [2.45, 2.75) is 6.92 Å². The van der Waals surface area contributed by atoms with Crippen LogP contribution in [0.4, 0.5) is 0 Å². The number of aliphatic hydroxyl groups is 1. The summed E-state index contributed by atoms with van der Waals surface area (Å²) in [6.45, 7) is 1.37. The first-order valence-electron chi connectivity index (χ1n) is 1.58. The molecule has 0 atom stereocenters. The standard InChI is InChI=1S/C4H6O2.Na/c1-4(6)2-3-5;/h2-3,5H,1H3;/q;+1/b3-2+;. The fourth-order valence-corrected chi connectivity index (χ4v) is 0.105. The second-order valence-corrected chi connectivity index (χ2v) is 0.926. The summed E-state index contributed by atoms with van der Waals surface area (Å²) in [4.78, 5) is 9.80. The van der Waals surface area contributed by atoms with Gasteiger partial charge < -0.3 is 5.11 Å². The van der Waals surface area contributed by atoms with Gasteiger partial charge >= 0.3 is 29.6 Å². The first-order chi connectivity index (χ1) is 2.77. The Labute approximate surface area is 64.5 Å². The minimum atomic E-state index is -0.141. The quantitative estimate of drug-likeness (QED) is 0.232. The van der Waals surface area contributed by atoms with Crippen molar-refractivity contribution < 1.29 is 39.5 Å². The van der Waals surface area contributed by atoms with Crippen LogP contribution >= 0.6 is 0 Å². The molecule has 0 aromatic heterocycles. The topological polar surface area (TPSA) is 37.3 Å². The first-order valence-corrected chi connectivity index (χ1v) is 1.58. The molecule has 7 heavy (non-hydrogen) atoms. The van der Waals surface area contributed by atoms with Crippen molar-refractivity contribution in [2.24, 2.45) is 0 Å². The van der Waals surface area contributed by atoms with Crippen molar-refractivity contribution in [3.05, 3.63) is 12.3 Å². The number of hydrogen-bond donors (Lipinski definition) is 1. The third-order valence-electron chi connectivity index (χ3n) is 0.309. The number of aliphatic hydroxyl groups excluding tert-OH is 1. The third kappa shape index (κ3) is 10.7. The molecule has 0 aliphatic heterocycles. The molecule has 0 aromatic rings. The van der Waals surface area contributed by atoms with E-state index in [2.05, 4.69) is 0 Å². The molecule has 0 aliphatic rings. The molecule has 0 saturated heterocycles. The summed E-state index contributed by atoms with van der Waals surface area (Å²) in [6, 6.07) is 0. The van der Waals surface area contributed by atoms with Crippen molar-refractivity contribution in [1.29, 1.82) is 0 Å². The van der Waals surface area contributed by atoms with Gasteiger partial charge in [0.2, 0.25) is 0 Å². The average Bonchev–Trinajstić information content (AvgIpc) is 1.35. The summed E-state index contributed by atoms with van der Waals surface area (Å²) >= 11 is 0. The van der Waals surface area contributed by atoms with E-state index in [1.807, 2.05) is 0 Å². The van der Waals surface area contributed by atoms with E-state index in [0.717, 1.165) is 12.3 Å². The maximum absolute atomic E-state index is 9.80. The van der Waals surface area contributed by atoms with E-state index in [1.165, 1.54) is 6.92 Å². The Hall–Kier alpha value is 0.210. The van der Waals surface area contributed by atoms with Crippen LogP contribution in [0.5, 0.6) is 0 Å². The van der Waals surface area contributed by atoms with Crippen LogP contribution in [-0.4, -0.2) is 10.9 Å². The Morgan fingerprint density at radius 1 is 1.71 bits per heavy atom. The zero-order valence-corrected chi connectivity index (χ0v) is 6.51. The zero-order chi connectivity index (χ0) is 4.99. The van der Waals surface area contributed by atoms with Crippen molar-refractivity contribution >= 4 is 5.78 Å². The maximum atomic E-state index is 9.80. The molecule has 0 spiro atoms. The van der Waals surface area contributed by atoms with E-state index in [9.17, 15) is 4.79 Å². The minimum absolute atomic E-state index is 0. The minimum Gasteiger partial charge on any atom is -0.515 e. The molecule has 0 fully saturated rings. The summed E-state index contributed by atoms with van der Waals surface area (Å²) in [7, 11) is 0. The molecule has 3 heteroatoms. The van der Waals surface area contributed by atoms with Crippen molar-refractivity contribution in [1.82, 2.24) is 0 Å². The molecule has 0 radical (unpaired) electrons. The van der Waals surface area contributed by atoms with E-state index in [1.54, 1.807) is 0 Å². The number of hydrogen-bond acceptors (Lipinski definition) is 2. The van der Waals surface area contributed by atoms with Gasteiger partial charge in [-0.1, -0.05) is 0 Å². The summed E-state index contributed by atoms with van der Waals surface area (Å²) < 4.78 is 0. The molecule has 0 aromatic carbocycles. The Bertz CT molecular complexity index is 77.8. The van der Waals surface area contributed by atoms with E-state index in [0.29, 0.717) is 0 Å². The second kappa shape index (κ2) is 6.21.